The zero-order valence-corrected chi connectivity index (χ0v) is 19.2. The summed E-state index contributed by atoms with van der Waals surface area (Å²) < 4.78 is 7.63. The van der Waals surface area contributed by atoms with Crippen LogP contribution >= 0.6 is 35.6 Å². The Morgan fingerprint density at radius 3 is 2.63 bits per heavy atom. The van der Waals surface area contributed by atoms with Crippen molar-refractivity contribution in [3.05, 3.63) is 58.5 Å². The van der Waals surface area contributed by atoms with Gasteiger partial charge in [0.15, 0.2) is 0 Å². The fraction of sp³-hybridized carbons (Fsp3) is 0.333. The molecule has 2 heterocycles. The van der Waals surface area contributed by atoms with Gasteiger partial charge in [-0.1, -0.05) is 43.1 Å². The smallest absolute Gasteiger partial charge is 0.251 e. The molecule has 1 N–H and O–H groups in total. The van der Waals surface area contributed by atoms with Crippen LogP contribution in [0.15, 0.2) is 48.5 Å². The Morgan fingerprint density at radius 1 is 1.27 bits per heavy atom. The molecule has 1 atom stereocenters. The van der Waals surface area contributed by atoms with E-state index < -0.39 is 6.04 Å². The Balaban J connectivity index is 0.00000320. The number of aromatic nitrogens is 1. The number of nitrogens with one attached hydrogen (secondary N) is 1. The second kappa shape index (κ2) is 10.2. The van der Waals surface area contributed by atoms with Crippen LogP contribution in [0, 0.1) is 5.92 Å². The van der Waals surface area contributed by atoms with Crippen molar-refractivity contribution in [1.82, 2.24) is 9.47 Å². The SMILES string of the molecule is CC(C)C[C@@H](C(=O)Nc1ccn(C)c1)N1CC(Oc2cccc(Cl)c2Cl)=CC1=O.Cl. The number of halogens is 3. The number of rotatable bonds is 7. The largest absolute Gasteiger partial charge is 0.458 e. The van der Waals surface area contributed by atoms with Crippen LogP contribution in [0.3, 0.4) is 0 Å². The second-order valence-corrected chi connectivity index (χ2v) is 8.22. The molecule has 1 aromatic carbocycles. The van der Waals surface area contributed by atoms with Crippen molar-refractivity contribution in [1.29, 1.82) is 0 Å². The van der Waals surface area contributed by atoms with E-state index in [0.717, 1.165) is 0 Å². The number of anilines is 1. The number of amides is 2. The van der Waals surface area contributed by atoms with Crippen molar-refractivity contribution in [2.45, 2.75) is 26.3 Å². The van der Waals surface area contributed by atoms with E-state index in [0.29, 0.717) is 28.6 Å². The summed E-state index contributed by atoms with van der Waals surface area (Å²) in [4.78, 5) is 27.1. The second-order valence-electron chi connectivity index (χ2n) is 7.43. The first kappa shape index (κ1) is 24.1. The van der Waals surface area contributed by atoms with Crippen LogP contribution in [-0.4, -0.2) is 33.9 Å². The van der Waals surface area contributed by atoms with Gasteiger partial charge in [-0.05, 0) is 30.5 Å². The maximum absolute atomic E-state index is 12.9. The van der Waals surface area contributed by atoms with E-state index in [1.165, 1.54) is 11.0 Å². The van der Waals surface area contributed by atoms with Crippen molar-refractivity contribution < 1.29 is 14.3 Å². The van der Waals surface area contributed by atoms with Crippen LogP contribution in [0.5, 0.6) is 5.75 Å². The Bertz CT molecular complexity index is 956. The summed E-state index contributed by atoms with van der Waals surface area (Å²) >= 11 is 12.2. The number of benzene rings is 1. The highest BCUT2D eigenvalue weighted by atomic mass is 35.5. The van der Waals surface area contributed by atoms with Crippen LogP contribution in [-0.2, 0) is 16.6 Å². The number of hydrogen-bond acceptors (Lipinski definition) is 3. The summed E-state index contributed by atoms with van der Waals surface area (Å²) in [6, 6.07) is 6.24. The average Bonchev–Trinajstić information content (AvgIpc) is 3.21. The fourth-order valence-electron chi connectivity index (χ4n) is 3.17. The lowest BCUT2D eigenvalue weighted by Crippen LogP contribution is -2.46. The Kier molecular flexibility index (Phi) is 8.24. The molecule has 162 valence electrons. The Labute approximate surface area is 192 Å². The highest BCUT2D eigenvalue weighted by molar-refractivity contribution is 6.42. The fourth-order valence-corrected chi connectivity index (χ4v) is 3.50. The van der Waals surface area contributed by atoms with Crippen LogP contribution in [0.2, 0.25) is 10.0 Å². The standard InChI is InChI=1S/C21H23Cl2N3O3.ClH/c1-13(2)9-17(21(28)24-14-7-8-25(3)11-14)26-12-15(10-19(26)27)29-18-6-4-5-16(22)20(18)23;/h4-8,10-11,13,17H,9,12H2,1-3H3,(H,24,28);1H/t17-;/m0./s1. The van der Waals surface area contributed by atoms with Crippen molar-refractivity contribution >= 4 is 53.1 Å². The van der Waals surface area contributed by atoms with E-state index in [9.17, 15) is 9.59 Å². The number of carbonyl (C=O) groups excluding carboxylic acids is 2. The van der Waals surface area contributed by atoms with Crippen LogP contribution < -0.4 is 10.1 Å². The monoisotopic (exact) mass is 471 g/mol. The number of carbonyl (C=O) groups is 2. The minimum absolute atomic E-state index is 0. The van der Waals surface area contributed by atoms with E-state index in [2.05, 4.69) is 5.32 Å². The van der Waals surface area contributed by atoms with Gasteiger partial charge in [-0.3, -0.25) is 9.59 Å². The molecule has 0 spiro atoms. The molecule has 6 nitrogen and oxygen atoms in total. The maximum atomic E-state index is 12.9. The first-order valence-electron chi connectivity index (χ1n) is 9.30. The summed E-state index contributed by atoms with van der Waals surface area (Å²) in [7, 11) is 1.87. The summed E-state index contributed by atoms with van der Waals surface area (Å²) in [5, 5.41) is 3.54. The molecule has 30 heavy (non-hydrogen) atoms. The molecule has 0 unspecified atom stereocenters. The predicted octanol–water partition coefficient (Wildman–Crippen LogP) is 4.91. The van der Waals surface area contributed by atoms with Crippen molar-refractivity contribution in [2.24, 2.45) is 13.0 Å². The molecule has 0 saturated carbocycles. The molecule has 3 rings (SSSR count). The van der Waals surface area contributed by atoms with Gasteiger partial charge in [0.25, 0.3) is 5.91 Å². The molecular weight excluding hydrogens is 449 g/mol. The van der Waals surface area contributed by atoms with Crippen LogP contribution in [0.25, 0.3) is 0 Å². The maximum Gasteiger partial charge on any atom is 0.251 e. The third-order valence-electron chi connectivity index (χ3n) is 4.52. The molecule has 0 aliphatic carbocycles. The topological polar surface area (TPSA) is 63.6 Å². The quantitative estimate of drug-likeness (QED) is 0.622. The minimum Gasteiger partial charge on any atom is -0.458 e. The highest BCUT2D eigenvalue weighted by Crippen LogP contribution is 2.33. The summed E-state index contributed by atoms with van der Waals surface area (Å²) in [5.41, 5.74) is 0.688. The molecule has 1 aliphatic heterocycles. The number of nitrogens with zero attached hydrogens (tertiary/aromatic N) is 2. The van der Waals surface area contributed by atoms with Gasteiger partial charge in [0.1, 0.15) is 22.6 Å². The van der Waals surface area contributed by atoms with E-state index in [1.54, 1.807) is 18.2 Å². The molecular formula is C21H24Cl3N3O3. The van der Waals surface area contributed by atoms with Gasteiger partial charge < -0.3 is 19.5 Å². The molecule has 2 aromatic rings. The number of hydrogen-bond donors (Lipinski definition) is 1. The summed E-state index contributed by atoms with van der Waals surface area (Å²) in [6.45, 7) is 4.21. The molecule has 2 amide bonds. The van der Waals surface area contributed by atoms with E-state index >= 15 is 0 Å². The lowest BCUT2D eigenvalue weighted by atomic mass is 10.0. The molecule has 1 aliphatic rings. The van der Waals surface area contributed by atoms with E-state index in [1.807, 2.05) is 43.9 Å². The molecule has 0 fully saturated rings. The van der Waals surface area contributed by atoms with Crippen LogP contribution in [0.4, 0.5) is 5.69 Å². The zero-order valence-electron chi connectivity index (χ0n) is 16.9. The third-order valence-corrected chi connectivity index (χ3v) is 5.33. The summed E-state index contributed by atoms with van der Waals surface area (Å²) in [5.74, 6) is 0.511. The van der Waals surface area contributed by atoms with Gasteiger partial charge in [-0.2, -0.15) is 0 Å². The molecule has 0 radical (unpaired) electrons. The number of aryl methyl sites for hydroxylation is 1. The predicted molar refractivity (Wildman–Crippen MR) is 121 cm³/mol. The van der Waals surface area contributed by atoms with Crippen molar-refractivity contribution in [3.8, 4) is 5.75 Å². The van der Waals surface area contributed by atoms with Crippen LogP contribution in [0.1, 0.15) is 20.3 Å². The molecule has 1 aromatic heterocycles. The lowest BCUT2D eigenvalue weighted by molar-refractivity contribution is -0.133. The molecule has 9 heteroatoms. The van der Waals surface area contributed by atoms with E-state index in [4.69, 9.17) is 27.9 Å². The Hall–Kier alpha value is -2.15. The van der Waals surface area contributed by atoms with Gasteiger partial charge in [0.2, 0.25) is 5.91 Å². The molecule has 0 bridgehead atoms. The third kappa shape index (κ3) is 5.72. The van der Waals surface area contributed by atoms with E-state index in [-0.39, 0.29) is 41.7 Å². The first-order chi connectivity index (χ1) is 13.7. The van der Waals surface area contributed by atoms with Crippen molar-refractivity contribution in [3.63, 3.8) is 0 Å². The summed E-state index contributed by atoms with van der Waals surface area (Å²) in [6.07, 6.45) is 5.57. The Morgan fingerprint density at radius 2 is 2.00 bits per heavy atom. The minimum atomic E-state index is -0.616. The lowest BCUT2D eigenvalue weighted by Gasteiger charge is -2.28. The highest BCUT2D eigenvalue weighted by Gasteiger charge is 2.35. The van der Waals surface area contributed by atoms with Gasteiger partial charge >= 0.3 is 0 Å². The van der Waals surface area contributed by atoms with Crippen molar-refractivity contribution in [2.75, 3.05) is 11.9 Å². The van der Waals surface area contributed by atoms with Gasteiger partial charge in [-0.15, -0.1) is 12.4 Å². The van der Waals surface area contributed by atoms with Gasteiger partial charge in [-0.25, -0.2) is 0 Å². The zero-order chi connectivity index (χ0) is 21.1. The molecule has 0 saturated heterocycles. The number of ether oxygens (including phenoxy) is 1. The van der Waals surface area contributed by atoms with Gasteiger partial charge in [0.05, 0.1) is 17.3 Å². The normalized spacial score (nSPS) is 14.4. The average molecular weight is 473 g/mol. The first-order valence-corrected chi connectivity index (χ1v) is 10.1. The van der Waals surface area contributed by atoms with Gasteiger partial charge in [0, 0.05) is 25.5 Å².